The number of hydrogen-bond acceptors (Lipinski definition) is 3. The topological polar surface area (TPSA) is 35.5 Å². The molecular formula is C9H11FO3. The van der Waals surface area contributed by atoms with Gasteiger partial charge in [0.2, 0.25) is 5.67 Å². The SMILES string of the molecule is COC1=CC(=O)C=C(OC)C1(C)F. The quantitative estimate of drug-likeness (QED) is 0.653. The minimum Gasteiger partial charge on any atom is -0.497 e. The fraction of sp³-hybridized carbons (Fsp3) is 0.444. The van der Waals surface area contributed by atoms with E-state index in [9.17, 15) is 9.18 Å². The zero-order valence-corrected chi connectivity index (χ0v) is 7.76. The second-order valence-electron chi connectivity index (χ2n) is 2.83. The number of carbonyl (C=O) groups is 1. The summed E-state index contributed by atoms with van der Waals surface area (Å²) in [5, 5.41) is 0. The highest BCUT2D eigenvalue weighted by atomic mass is 19.1. The minimum atomic E-state index is -1.85. The lowest BCUT2D eigenvalue weighted by Gasteiger charge is -2.26. The van der Waals surface area contributed by atoms with E-state index in [1.165, 1.54) is 21.1 Å². The highest BCUT2D eigenvalue weighted by Gasteiger charge is 2.39. The van der Waals surface area contributed by atoms with Crippen molar-refractivity contribution in [3.63, 3.8) is 0 Å². The molecule has 0 heterocycles. The van der Waals surface area contributed by atoms with Crippen LogP contribution in [0, 0.1) is 0 Å². The summed E-state index contributed by atoms with van der Waals surface area (Å²) in [6, 6.07) is 0. The molecule has 0 aliphatic heterocycles. The molecule has 0 radical (unpaired) electrons. The normalized spacial score (nSPS) is 20.5. The molecule has 0 aromatic heterocycles. The molecule has 0 bridgehead atoms. The lowest BCUT2D eigenvalue weighted by molar-refractivity contribution is -0.111. The van der Waals surface area contributed by atoms with Crippen molar-refractivity contribution in [3.05, 3.63) is 23.7 Å². The summed E-state index contributed by atoms with van der Waals surface area (Å²) in [4.78, 5) is 11.0. The zero-order valence-electron chi connectivity index (χ0n) is 7.76. The Morgan fingerprint density at radius 2 is 1.62 bits per heavy atom. The van der Waals surface area contributed by atoms with Crippen molar-refractivity contribution < 1.29 is 18.7 Å². The minimum absolute atomic E-state index is 0.0307. The van der Waals surface area contributed by atoms with Gasteiger partial charge in [0.15, 0.2) is 5.78 Å². The maximum absolute atomic E-state index is 13.8. The van der Waals surface area contributed by atoms with Crippen LogP contribution in [-0.4, -0.2) is 25.7 Å². The van der Waals surface area contributed by atoms with E-state index in [0.29, 0.717) is 0 Å². The first kappa shape index (κ1) is 9.77. The highest BCUT2D eigenvalue weighted by Crippen LogP contribution is 2.33. The van der Waals surface area contributed by atoms with Crippen LogP contribution in [0.1, 0.15) is 6.92 Å². The van der Waals surface area contributed by atoms with Gasteiger partial charge in [-0.25, -0.2) is 4.39 Å². The number of allylic oxidation sites excluding steroid dienone is 2. The first-order valence-corrected chi connectivity index (χ1v) is 3.77. The first-order chi connectivity index (χ1) is 6.02. The number of ether oxygens (including phenoxy) is 2. The molecular weight excluding hydrogens is 175 g/mol. The number of halogens is 1. The monoisotopic (exact) mass is 186 g/mol. The number of ketones is 1. The molecule has 4 heteroatoms. The maximum Gasteiger partial charge on any atom is 0.221 e. The van der Waals surface area contributed by atoms with Gasteiger partial charge >= 0.3 is 0 Å². The molecule has 0 aromatic rings. The average Bonchev–Trinajstić information content (AvgIpc) is 2.08. The van der Waals surface area contributed by atoms with Crippen LogP contribution < -0.4 is 0 Å². The molecule has 0 saturated heterocycles. The number of rotatable bonds is 2. The van der Waals surface area contributed by atoms with Gasteiger partial charge in [-0.2, -0.15) is 0 Å². The second kappa shape index (κ2) is 3.20. The van der Waals surface area contributed by atoms with E-state index in [0.717, 1.165) is 12.2 Å². The summed E-state index contributed by atoms with van der Waals surface area (Å²) >= 11 is 0. The zero-order chi connectivity index (χ0) is 10.1. The Hall–Kier alpha value is -1.32. The number of carbonyl (C=O) groups excluding carboxylic acids is 1. The van der Waals surface area contributed by atoms with Gasteiger partial charge in [-0.1, -0.05) is 0 Å². The van der Waals surface area contributed by atoms with Crippen LogP contribution in [0.15, 0.2) is 23.7 Å². The van der Waals surface area contributed by atoms with E-state index in [1.54, 1.807) is 0 Å². The van der Waals surface area contributed by atoms with E-state index >= 15 is 0 Å². The van der Waals surface area contributed by atoms with Crippen LogP contribution >= 0.6 is 0 Å². The van der Waals surface area contributed by atoms with Gasteiger partial charge in [0.1, 0.15) is 11.5 Å². The van der Waals surface area contributed by atoms with Crippen molar-refractivity contribution >= 4 is 5.78 Å². The van der Waals surface area contributed by atoms with E-state index in [-0.39, 0.29) is 17.3 Å². The van der Waals surface area contributed by atoms with Crippen LogP contribution in [0.25, 0.3) is 0 Å². The fourth-order valence-corrected chi connectivity index (χ4v) is 1.19. The van der Waals surface area contributed by atoms with Gasteiger partial charge in [-0.05, 0) is 6.92 Å². The fourth-order valence-electron chi connectivity index (χ4n) is 1.19. The smallest absolute Gasteiger partial charge is 0.221 e. The summed E-state index contributed by atoms with van der Waals surface area (Å²) < 4.78 is 23.3. The van der Waals surface area contributed by atoms with Crippen LogP contribution in [0.3, 0.4) is 0 Å². The lowest BCUT2D eigenvalue weighted by Crippen LogP contribution is -2.30. The molecule has 0 N–H and O–H groups in total. The molecule has 1 rings (SSSR count). The molecule has 0 amide bonds. The predicted octanol–water partition coefficient (Wildman–Crippen LogP) is 1.36. The van der Waals surface area contributed by atoms with Crippen molar-refractivity contribution in [3.8, 4) is 0 Å². The molecule has 0 spiro atoms. The molecule has 1 aliphatic carbocycles. The third-order valence-electron chi connectivity index (χ3n) is 1.91. The van der Waals surface area contributed by atoms with Crippen molar-refractivity contribution in [2.75, 3.05) is 14.2 Å². The van der Waals surface area contributed by atoms with E-state index in [4.69, 9.17) is 9.47 Å². The Morgan fingerprint density at radius 3 is 1.92 bits per heavy atom. The van der Waals surface area contributed by atoms with Gasteiger partial charge in [-0.3, -0.25) is 4.79 Å². The summed E-state index contributed by atoms with van der Waals surface area (Å²) in [7, 11) is 2.63. The molecule has 3 nitrogen and oxygen atoms in total. The maximum atomic E-state index is 13.8. The van der Waals surface area contributed by atoms with Crippen molar-refractivity contribution in [2.45, 2.75) is 12.6 Å². The van der Waals surface area contributed by atoms with Gasteiger partial charge in [0.05, 0.1) is 14.2 Å². The Kier molecular flexibility index (Phi) is 2.40. The van der Waals surface area contributed by atoms with Crippen LogP contribution in [0.2, 0.25) is 0 Å². The molecule has 0 aromatic carbocycles. The third-order valence-corrected chi connectivity index (χ3v) is 1.91. The molecule has 0 saturated carbocycles. The van der Waals surface area contributed by atoms with Crippen LogP contribution in [0.5, 0.6) is 0 Å². The average molecular weight is 186 g/mol. The molecule has 0 unspecified atom stereocenters. The van der Waals surface area contributed by atoms with Crippen molar-refractivity contribution in [1.29, 1.82) is 0 Å². The highest BCUT2D eigenvalue weighted by molar-refractivity contribution is 6.01. The Balaban J connectivity index is 3.09. The largest absolute Gasteiger partial charge is 0.497 e. The molecule has 1 aliphatic rings. The van der Waals surface area contributed by atoms with Crippen molar-refractivity contribution in [2.24, 2.45) is 0 Å². The van der Waals surface area contributed by atoms with Gasteiger partial charge in [-0.15, -0.1) is 0 Å². The lowest BCUT2D eigenvalue weighted by atomic mass is 9.97. The summed E-state index contributed by atoms with van der Waals surface area (Å²) in [6.07, 6.45) is 2.23. The van der Waals surface area contributed by atoms with Crippen LogP contribution in [-0.2, 0) is 14.3 Å². The first-order valence-electron chi connectivity index (χ1n) is 3.77. The van der Waals surface area contributed by atoms with E-state index < -0.39 is 5.67 Å². The van der Waals surface area contributed by atoms with Crippen LogP contribution in [0.4, 0.5) is 4.39 Å². The van der Waals surface area contributed by atoms with Gasteiger partial charge in [0.25, 0.3) is 0 Å². The second-order valence-corrected chi connectivity index (χ2v) is 2.83. The third kappa shape index (κ3) is 1.56. The van der Waals surface area contributed by atoms with E-state index in [1.807, 2.05) is 0 Å². The molecule has 72 valence electrons. The molecule has 0 atom stereocenters. The van der Waals surface area contributed by atoms with Gasteiger partial charge < -0.3 is 9.47 Å². The Bertz CT molecular complexity index is 263. The number of methoxy groups -OCH3 is 2. The summed E-state index contributed by atoms with van der Waals surface area (Å²) in [5.41, 5.74) is -1.85. The Morgan fingerprint density at radius 1 is 1.23 bits per heavy atom. The summed E-state index contributed by atoms with van der Waals surface area (Å²) in [6.45, 7) is 1.28. The molecule has 13 heavy (non-hydrogen) atoms. The molecule has 0 fully saturated rings. The van der Waals surface area contributed by atoms with Gasteiger partial charge in [0, 0.05) is 12.2 Å². The predicted molar refractivity (Wildman–Crippen MR) is 44.7 cm³/mol. The van der Waals surface area contributed by atoms with E-state index in [2.05, 4.69) is 0 Å². The summed E-state index contributed by atoms with van der Waals surface area (Å²) in [5.74, 6) is -0.391. The van der Waals surface area contributed by atoms with Crippen molar-refractivity contribution in [1.82, 2.24) is 0 Å². The number of hydrogen-bond donors (Lipinski definition) is 0. The number of alkyl halides is 1. The Labute approximate surface area is 75.8 Å². The standard InChI is InChI=1S/C9H11FO3/c1-9(10)7(12-2)4-6(11)5-8(9)13-3/h4-5H,1-3H3.